The van der Waals surface area contributed by atoms with Crippen LogP contribution in [0.3, 0.4) is 0 Å². The molecule has 0 aliphatic carbocycles. The molecule has 84 valence electrons. The lowest BCUT2D eigenvalue weighted by Gasteiger charge is -2.25. The number of nitrogens with two attached hydrogens (primary N) is 1. The number of halogens is 1. The average molecular weight is 292 g/mol. The second kappa shape index (κ2) is 4.23. The molecule has 0 heterocycles. The lowest BCUT2D eigenvalue weighted by molar-refractivity contribution is 0.548. The molecule has 0 aliphatic rings. The third-order valence-electron chi connectivity index (χ3n) is 2.17. The molecule has 0 aliphatic heterocycles. The molecule has 15 heavy (non-hydrogen) atoms. The van der Waals surface area contributed by atoms with Gasteiger partial charge in [0.15, 0.2) is 0 Å². The molecule has 1 rings (SSSR count). The highest BCUT2D eigenvalue weighted by Gasteiger charge is 2.27. The van der Waals surface area contributed by atoms with Gasteiger partial charge in [-0.3, -0.25) is 0 Å². The van der Waals surface area contributed by atoms with Gasteiger partial charge in [0.1, 0.15) is 0 Å². The van der Waals surface area contributed by atoms with E-state index in [1.54, 1.807) is 0 Å². The van der Waals surface area contributed by atoms with Crippen LogP contribution in [0.1, 0.15) is 19.4 Å². The number of hydrogen-bond donors (Lipinski definition) is 1. The van der Waals surface area contributed by atoms with Gasteiger partial charge in [0.25, 0.3) is 0 Å². The van der Waals surface area contributed by atoms with E-state index in [0.29, 0.717) is 0 Å². The van der Waals surface area contributed by atoms with E-state index in [9.17, 15) is 8.42 Å². The quantitative estimate of drug-likeness (QED) is 0.926. The number of hydrogen-bond acceptors (Lipinski definition) is 2. The van der Waals surface area contributed by atoms with Crippen molar-refractivity contribution >= 4 is 26.0 Å². The van der Waals surface area contributed by atoms with Gasteiger partial charge in [-0.15, -0.1) is 0 Å². The fraction of sp³-hybridized carbons (Fsp3) is 0.400. The molecule has 0 atom stereocenters. The predicted molar refractivity (Wildman–Crippen MR) is 65.1 cm³/mol. The fourth-order valence-electron chi connectivity index (χ4n) is 1.59. The summed E-state index contributed by atoms with van der Waals surface area (Å²) in [7, 11) is -3.47. The van der Waals surface area contributed by atoms with Gasteiger partial charge in [-0.25, -0.2) is 13.6 Å². The highest BCUT2D eigenvalue weighted by atomic mass is 79.9. The maximum absolute atomic E-state index is 11.1. The molecule has 1 aromatic carbocycles. The first-order valence-corrected chi connectivity index (χ1v) is 6.99. The van der Waals surface area contributed by atoms with E-state index in [1.165, 1.54) is 0 Å². The van der Waals surface area contributed by atoms with Crippen LogP contribution in [0.4, 0.5) is 0 Å². The Hall–Kier alpha value is -0.390. The first-order chi connectivity index (χ1) is 6.72. The maximum Gasteiger partial charge on any atom is 0.209 e. The lowest BCUT2D eigenvalue weighted by atomic mass is 9.87. The van der Waals surface area contributed by atoms with Gasteiger partial charge in [-0.1, -0.05) is 48.0 Å². The van der Waals surface area contributed by atoms with E-state index in [2.05, 4.69) is 15.9 Å². The highest BCUT2D eigenvalue weighted by Crippen LogP contribution is 2.30. The summed E-state index contributed by atoms with van der Waals surface area (Å²) in [5.41, 5.74) is 0.451. The topological polar surface area (TPSA) is 60.2 Å². The second-order valence-corrected chi connectivity index (χ2v) is 6.64. The Morgan fingerprint density at radius 3 is 2.33 bits per heavy atom. The van der Waals surface area contributed by atoms with Gasteiger partial charge in [0.2, 0.25) is 10.0 Å². The number of primary sulfonamides is 1. The zero-order valence-corrected chi connectivity index (χ0v) is 11.1. The van der Waals surface area contributed by atoms with Crippen LogP contribution in [0.2, 0.25) is 0 Å². The standard InChI is InChI=1S/C10H14BrNO2S/c1-10(2,7-15(12,13)14)8-5-3-4-6-9(8)11/h3-6H,7H2,1-2H3,(H2,12,13,14). The summed E-state index contributed by atoms with van der Waals surface area (Å²) in [6.45, 7) is 3.72. The molecule has 0 saturated heterocycles. The molecule has 0 saturated carbocycles. The normalized spacial score (nSPS) is 12.8. The Kier molecular flexibility index (Phi) is 3.58. The minimum absolute atomic E-state index is 0.0669. The Morgan fingerprint density at radius 2 is 1.87 bits per heavy atom. The molecular weight excluding hydrogens is 278 g/mol. The SMILES string of the molecule is CC(C)(CS(N)(=O)=O)c1ccccc1Br. The van der Waals surface area contributed by atoms with Crippen LogP contribution in [0.5, 0.6) is 0 Å². The molecule has 0 amide bonds. The average Bonchev–Trinajstić information content (AvgIpc) is 1.99. The molecule has 5 heteroatoms. The predicted octanol–water partition coefficient (Wildman–Crippen LogP) is 2.02. The number of sulfonamides is 1. The maximum atomic E-state index is 11.1. The number of rotatable bonds is 3. The highest BCUT2D eigenvalue weighted by molar-refractivity contribution is 9.10. The summed E-state index contributed by atoms with van der Waals surface area (Å²) in [5, 5.41) is 5.07. The van der Waals surface area contributed by atoms with Gasteiger partial charge in [-0.05, 0) is 11.6 Å². The van der Waals surface area contributed by atoms with Crippen LogP contribution >= 0.6 is 15.9 Å². The van der Waals surface area contributed by atoms with Gasteiger partial charge >= 0.3 is 0 Å². The summed E-state index contributed by atoms with van der Waals surface area (Å²) in [5.74, 6) is -0.0669. The molecule has 0 fully saturated rings. The largest absolute Gasteiger partial charge is 0.229 e. The minimum atomic E-state index is -3.47. The summed E-state index contributed by atoms with van der Waals surface area (Å²) in [6.07, 6.45) is 0. The first-order valence-electron chi connectivity index (χ1n) is 4.48. The summed E-state index contributed by atoms with van der Waals surface area (Å²) < 4.78 is 23.1. The molecule has 2 N–H and O–H groups in total. The van der Waals surface area contributed by atoms with Crippen molar-refractivity contribution in [2.75, 3.05) is 5.75 Å². The van der Waals surface area contributed by atoms with E-state index in [4.69, 9.17) is 5.14 Å². The van der Waals surface area contributed by atoms with Crippen molar-refractivity contribution in [1.82, 2.24) is 0 Å². The molecule has 0 radical (unpaired) electrons. The van der Waals surface area contributed by atoms with Crippen LogP contribution in [0.15, 0.2) is 28.7 Å². The van der Waals surface area contributed by atoms with E-state index in [-0.39, 0.29) is 5.75 Å². The van der Waals surface area contributed by atoms with Crippen molar-refractivity contribution < 1.29 is 8.42 Å². The van der Waals surface area contributed by atoms with Crippen LogP contribution < -0.4 is 5.14 Å². The van der Waals surface area contributed by atoms with Crippen molar-refractivity contribution in [2.45, 2.75) is 19.3 Å². The van der Waals surface area contributed by atoms with Gasteiger partial charge in [0.05, 0.1) is 5.75 Å². The Morgan fingerprint density at radius 1 is 1.33 bits per heavy atom. The van der Waals surface area contributed by atoms with Gasteiger partial charge in [0, 0.05) is 9.89 Å². The smallest absolute Gasteiger partial charge is 0.209 e. The molecule has 1 aromatic rings. The summed E-state index contributed by atoms with van der Waals surface area (Å²) >= 11 is 3.40. The first kappa shape index (κ1) is 12.7. The van der Waals surface area contributed by atoms with E-state index in [0.717, 1.165) is 10.0 Å². The van der Waals surface area contributed by atoms with E-state index < -0.39 is 15.4 Å². The van der Waals surface area contributed by atoms with Crippen molar-refractivity contribution in [2.24, 2.45) is 5.14 Å². The second-order valence-electron chi connectivity index (χ2n) is 4.17. The van der Waals surface area contributed by atoms with E-state index >= 15 is 0 Å². The Balaban J connectivity index is 3.12. The zero-order chi connectivity index (χ0) is 11.7. The van der Waals surface area contributed by atoms with Gasteiger partial charge < -0.3 is 0 Å². The Bertz CT molecular complexity index is 454. The Labute approximate surface area is 98.9 Å². The third kappa shape index (κ3) is 3.59. The third-order valence-corrected chi connectivity index (χ3v) is 3.98. The zero-order valence-electron chi connectivity index (χ0n) is 8.70. The molecule has 0 unspecified atom stereocenters. The number of benzene rings is 1. The van der Waals surface area contributed by atoms with Crippen molar-refractivity contribution in [3.05, 3.63) is 34.3 Å². The monoisotopic (exact) mass is 291 g/mol. The van der Waals surface area contributed by atoms with Crippen molar-refractivity contribution in [1.29, 1.82) is 0 Å². The van der Waals surface area contributed by atoms with E-state index in [1.807, 2.05) is 38.1 Å². The molecule has 3 nitrogen and oxygen atoms in total. The summed E-state index contributed by atoms with van der Waals surface area (Å²) in [6, 6.07) is 7.56. The molecule has 0 bridgehead atoms. The van der Waals surface area contributed by atoms with Crippen LogP contribution in [0.25, 0.3) is 0 Å². The molecule has 0 aromatic heterocycles. The molecule has 0 spiro atoms. The molecular formula is C10H14BrNO2S. The van der Waals surface area contributed by atoms with Crippen LogP contribution in [-0.4, -0.2) is 14.2 Å². The van der Waals surface area contributed by atoms with Crippen LogP contribution in [0, 0.1) is 0 Å². The summed E-state index contributed by atoms with van der Waals surface area (Å²) in [4.78, 5) is 0. The fourth-order valence-corrected chi connectivity index (χ4v) is 3.57. The van der Waals surface area contributed by atoms with Gasteiger partial charge in [-0.2, -0.15) is 0 Å². The van der Waals surface area contributed by atoms with Crippen LogP contribution in [-0.2, 0) is 15.4 Å². The van der Waals surface area contributed by atoms with Crippen molar-refractivity contribution in [3.8, 4) is 0 Å². The lowest BCUT2D eigenvalue weighted by Crippen LogP contribution is -2.32. The van der Waals surface area contributed by atoms with Crippen molar-refractivity contribution in [3.63, 3.8) is 0 Å². The minimum Gasteiger partial charge on any atom is -0.229 e.